The first-order valence-electron chi connectivity index (χ1n) is 5.94. The van der Waals surface area contributed by atoms with Crippen LogP contribution in [-0.2, 0) is 14.9 Å². The van der Waals surface area contributed by atoms with Gasteiger partial charge in [-0.25, -0.2) is 0 Å². The second-order valence-electron chi connectivity index (χ2n) is 5.28. The number of rotatable bonds is 2. The van der Waals surface area contributed by atoms with Gasteiger partial charge in [-0.1, -0.05) is 26.8 Å². The minimum Gasteiger partial charge on any atom is -0.496 e. The molecule has 3 heteroatoms. The molecule has 0 unspecified atom stereocenters. The fourth-order valence-corrected chi connectivity index (χ4v) is 2.01. The summed E-state index contributed by atoms with van der Waals surface area (Å²) in [5.74, 6) is 0.916. The second-order valence-corrected chi connectivity index (χ2v) is 5.28. The minimum atomic E-state index is -0.220. The summed E-state index contributed by atoms with van der Waals surface area (Å²) >= 11 is 0. The summed E-state index contributed by atoms with van der Waals surface area (Å²) in [5.41, 5.74) is 2.28. The molecule has 0 atom stereocenters. The highest BCUT2D eigenvalue weighted by Crippen LogP contribution is 2.35. The molecule has 1 fully saturated rings. The van der Waals surface area contributed by atoms with Gasteiger partial charge in [0, 0.05) is 5.56 Å². The Morgan fingerprint density at radius 3 is 2.35 bits per heavy atom. The molecule has 0 spiro atoms. The van der Waals surface area contributed by atoms with E-state index in [-0.39, 0.29) is 11.7 Å². The third-order valence-electron chi connectivity index (χ3n) is 2.93. The van der Waals surface area contributed by atoms with Crippen LogP contribution < -0.4 is 4.74 Å². The van der Waals surface area contributed by atoms with E-state index in [1.165, 1.54) is 5.56 Å². The van der Waals surface area contributed by atoms with Crippen molar-refractivity contribution in [1.82, 2.24) is 0 Å². The average molecular weight is 236 g/mol. The van der Waals surface area contributed by atoms with Gasteiger partial charge in [0.15, 0.2) is 6.29 Å². The molecule has 1 aromatic rings. The minimum absolute atomic E-state index is 0.0416. The van der Waals surface area contributed by atoms with Crippen molar-refractivity contribution in [2.45, 2.75) is 32.5 Å². The molecule has 17 heavy (non-hydrogen) atoms. The van der Waals surface area contributed by atoms with Crippen molar-refractivity contribution in [3.63, 3.8) is 0 Å². The van der Waals surface area contributed by atoms with E-state index in [1.54, 1.807) is 7.11 Å². The molecule has 1 saturated heterocycles. The van der Waals surface area contributed by atoms with Crippen molar-refractivity contribution in [2.75, 3.05) is 20.3 Å². The maximum Gasteiger partial charge on any atom is 0.184 e. The van der Waals surface area contributed by atoms with Crippen LogP contribution in [0.4, 0.5) is 0 Å². The summed E-state index contributed by atoms with van der Waals surface area (Å²) in [7, 11) is 1.70. The van der Waals surface area contributed by atoms with Crippen LogP contribution >= 0.6 is 0 Å². The van der Waals surface area contributed by atoms with Gasteiger partial charge >= 0.3 is 0 Å². The van der Waals surface area contributed by atoms with E-state index in [1.807, 2.05) is 12.1 Å². The third-order valence-corrected chi connectivity index (χ3v) is 2.93. The second kappa shape index (κ2) is 4.67. The van der Waals surface area contributed by atoms with Crippen molar-refractivity contribution < 1.29 is 14.2 Å². The zero-order valence-corrected chi connectivity index (χ0v) is 10.9. The molecule has 0 aliphatic carbocycles. The number of benzene rings is 1. The predicted molar refractivity (Wildman–Crippen MR) is 66.3 cm³/mol. The molecular formula is C14H20O3. The van der Waals surface area contributed by atoms with Crippen LogP contribution in [0.25, 0.3) is 0 Å². The molecule has 1 heterocycles. The largest absolute Gasteiger partial charge is 0.496 e. The molecule has 1 aromatic carbocycles. The summed E-state index contributed by atoms with van der Waals surface area (Å²) in [5, 5.41) is 0. The lowest BCUT2D eigenvalue weighted by atomic mass is 9.85. The van der Waals surface area contributed by atoms with Gasteiger partial charge in [0.25, 0.3) is 0 Å². The zero-order chi connectivity index (χ0) is 12.5. The molecule has 0 aromatic heterocycles. The van der Waals surface area contributed by atoms with Gasteiger partial charge in [-0.3, -0.25) is 0 Å². The smallest absolute Gasteiger partial charge is 0.184 e. The fourth-order valence-electron chi connectivity index (χ4n) is 2.01. The zero-order valence-electron chi connectivity index (χ0n) is 10.9. The molecule has 1 aliphatic heterocycles. The Bertz CT molecular complexity index is 387. The molecule has 0 radical (unpaired) electrons. The van der Waals surface area contributed by atoms with Gasteiger partial charge in [-0.05, 0) is 23.1 Å². The monoisotopic (exact) mass is 236 g/mol. The van der Waals surface area contributed by atoms with Crippen LogP contribution in [0.1, 0.15) is 38.2 Å². The van der Waals surface area contributed by atoms with Crippen LogP contribution in [0.2, 0.25) is 0 Å². The van der Waals surface area contributed by atoms with Crippen LogP contribution in [0.5, 0.6) is 5.75 Å². The Hall–Kier alpha value is -1.06. The van der Waals surface area contributed by atoms with Gasteiger partial charge < -0.3 is 14.2 Å². The number of hydrogen-bond acceptors (Lipinski definition) is 3. The van der Waals surface area contributed by atoms with Gasteiger partial charge in [0.2, 0.25) is 0 Å². The number of hydrogen-bond donors (Lipinski definition) is 0. The van der Waals surface area contributed by atoms with Crippen LogP contribution in [0, 0.1) is 0 Å². The van der Waals surface area contributed by atoms with Crippen molar-refractivity contribution >= 4 is 0 Å². The molecule has 1 aliphatic rings. The highest BCUT2D eigenvalue weighted by Gasteiger charge is 2.23. The summed E-state index contributed by atoms with van der Waals surface area (Å²) < 4.78 is 16.4. The van der Waals surface area contributed by atoms with E-state index in [2.05, 4.69) is 26.8 Å². The van der Waals surface area contributed by atoms with E-state index >= 15 is 0 Å². The Kier molecular flexibility index (Phi) is 3.40. The van der Waals surface area contributed by atoms with E-state index in [9.17, 15) is 0 Å². The summed E-state index contributed by atoms with van der Waals surface area (Å²) in [6.07, 6.45) is -0.220. The quantitative estimate of drug-likeness (QED) is 0.790. The normalized spacial score (nSPS) is 17.4. The van der Waals surface area contributed by atoms with Crippen molar-refractivity contribution in [3.05, 3.63) is 29.3 Å². The van der Waals surface area contributed by atoms with Crippen LogP contribution in [0.15, 0.2) is 18.2 Å². The first-order chi connectivity index (χ1) is 8.02. The Balaban J connectivity index is 2.37. The first kappa shape index (κ1) is 12.4. The van der Waals surface area contributed by atoms with Gasteiger partial charge in [0.05, 0.1) is 20.3 Å². The van der Waals surface area contributed by atoms with Gasteiger partial charge in [-0.15, -0.1) is 0 Å². The van der Waals surface area contributed by atoms with Crippen LogP contribution in [-0.4, -0.2) is 20.3 Å². The summed E-state index contributed by atoms with van der Waals surface area (Å²) in [6.45, 7) is 7.85. The Morgan fingerprint density at radius 2 is 1.82 bits per heavy atom. The molecule has 0 saturated carbocycles. The van der Waals surface area contributed by atoms with E-state index in [0.717, 1.165) is 11.3 Å². The third kappa shape index (κ3) is 2.61. The topological polar surface area (TPSA) is 27.7 Å². The number of methoxy groups -OCH3 is 1. The van der Waals surface area contributed by atoms with Crippen molar-refractivity contribution in [3.8, 4) is 5.75 Å². The lowest BCUT2D eigenvalue weighted by Gasteiger charge is -2.23. The van der Waals surface area contributed by atoms with E-state index in [4.69, 9.17) is 14.2 Å². The molecule has 2 rings (SSSR count). The van der Waals surface area contributed by atoms with Crippen molar-refractivity contribution in [1.29, 1.82) is 0 Å². The van der Waals surface area contributed by atoms with Gasteiger partial charge in [0.1, 0.15) is 5.75 Å². The molecule has 0 bridgehead atoms. The Labute approximate surface area is 103 Å². The number of ether oxygens (including phenoxy) is 3. The Morgan fingerprint density at radius 1 is 1.18 bits per heavy atom. The van der Waals surface area contributed by atoms with E-state index < -0.39 is 0 Å². The summed E-state index contributed by atoms with van der Waals surface area (Å²) in [4.78, 5) is 0. The molecule has 3 nitrogen and oxygen atoms in total. The van der Waals surface area contributed by atoms with Crippen LogP contribution in [0.3, 0.4) is 0 Å². The molecular weight excluding hydrogens is 216 g/mol. The first-order valence-corrected chi connectivity index (χ1v) is 5.94. The lowest BCUT2D eigenvalue weighted by molar-refractivity contribution is -0.0442. The maximum absolute atomic E-state index is 5.52. The highest BCUT2D eigenvalue weighted by atomic mass is 16.7. The maximum atomic E-state index is 5.52. The molecule has 94 valence electrons. The fraction of sp³-hybridized carbons (Fsp3) is 0.571. The van der Waals surface area contributed by atoms with E-state index in [0.29, 0.717) is 13.2 Å². The summed E-state index contributed by atoms with van der Waals surface area (Å²) in [6, 6.07) is 6.11. The molecule has 0 N–H and O–H groups in total. The lowest BCUT2D eigenvalue weighted by Crippen LogP contribution is -2.14. The van der Waals surface area contributed by atoms with Gasteiger partial charge in [-0.2, -0.15) is 0 Å². The highest BCUT2D eigenvalue weighted by molar-refractivity contribution is 5.42. The molecule has 0 amide bonds. The predicted octanol–water partition coefficient (Wildman–Crippen LogP) is 3.04. The standard InChI is InChI=1S/C14H20O3/c1-14(2,3)11-9-10(5-6-12(11)15-4)13-16-7-8-17-13/h5-6,9,13H,7-8H2,1-4H3. The average Bonchev–Trinajstić information content (AvgIpc) is 2.80. The van der Waals surface area contributed by atoms with Crippen molar-refractivity contribution in [2.24, 2.45) is 0 Å². The SMILES string of the molecule is COc1ccc(C2OCCO2)cc1C(C)(C)C.